The molecule has 158 valence electrons. The number of nitrogens with one attached hydrogen (secondary N) is 2. The van der Waals surface area contributed by atoms with Gasteiger partial charge in [-0.25, -0.2) is 4.79 Å². The van der Waals surface area contributed by atoms with Gasteiger partial charge in [-0.1, -0.05) is 31.2 Å². The Morgan fingerprint density at radius 3 is 2.50 bits per heavy atom. The van der Waals surface area contributed by atoms with Crippen LogP contribution >= 0.6 is 0 Å². The van der Waals surface area contributed by atoms with Gasteiger partial charge >= 0.3 is 12.2 Å². The van der Waals surface area contributed by atoms with Crippen molar-refractivity contribution in [3.8, 4) is 0 Å². The van der Waals surface area contributed by atoms with Crippen molar-refractivity contribution < 1.29 is 27.6 Å². The SMILES string of the molecule is CCc1cccc(NC(=O)CN2C(=O)N[C@](C)(c3cccc(C(F)(F)F)c3)C2=O)c1. The van der Waals surface area contributed by atoms with Gasteiger partial charge in [-0.05, 0) is 48.7 Å². The Kier molecular flexibility index (Phi) is 5.56. The molecule has 1 fully saturated rings. The number of carbonyl (C=O) groups excluding carboxylic acids is 3. The number of rotatable bonds is 5. The predicted octanol–water partition coefficient (Wildman–Crippen LogP) is 3.67. The number of anilines is 1. The molecule has 1 aliphatic heterocycles. The van der Waals surface area contributed by atoms with Crippen LogP contribution in [0.2, 0.25) is 0 Å². The predicted molar refractivity (Wildman–Crippen MR) is 103 cm³/mol. The highest BCUT2D eigenvalue weighted by Gasteiger charge is 2.50. The van der Waals surface area contributed by atoms with Crippen LogP contribution in [0.3, 0.4) is 0 Å². The molecule has 0 unspecified atom stereocenters. The maximum absolute atomic E-state index is 13.0. The van der Waals surface area contributed by atoms with Crippen molar-refractivity contribution in [2.24, 2.45) is 0 Å². The van der Waals surface area contributed by atoms with Crippen LogP contribution in [0.1, 0.15) is 30.5 Å². The lowest BCUT2D eigenvalue weighted by molar-refractivity contribution is -0.138. The summed E-state index contributed by atoms with van der Waals surface area (Å²) >= 11 is 0. The van der Waals surface area contributed by atoms with Crippen LogP contribution in [0.4, 0.5) is 23.7 Å². The quantitative estimate of drug-likeness (QED) is 0.726. The van der Waals surface area contributed by atoms with Crippen molar-refractivity contribution >= 4 is 23.5 Å². The Morgan fingerprint density at radius 1 is 1.13 bits per heavy atom. The molecule has 0 saturated carbocycles. The number of hydrogen-bond acceptors (Lipinski definition) is 3. The average molecular weight is 419 g/mol. The second-order valence-corrected chi connectivity index (χ2v) is 7.13. The third-order valence-corrected chi connectivity index (χ3v) is 4.96. The number of aryl methyl sites for hydroxylation is 1. The first-order valence-corrected chi connectivity index (χ1v) is 9.25. The molecule has 3 rings (SSSR count). The molecule has 30 heavy (non-hydrogen) atoms. The number of carbonyl (C=O) groups is 3. The molecule has 2 aromatic carbocycles. The summed E-state index contributed by atoms with van der Waals surface area (Å²) in [5, 5.41) is 5.02. The maximum atomic E-state index is 13.0. The van der Waals surface area contributed by atoms with Gasteiger partial charge in [0.2, 0.25) is 5.91 Å². The lowest BCUT2D eigenvalue weighted by Crippen LogP contribution is -2.42. The Balaban J connectivity index is 1.78. The van der Waals surface area contributed by atoms with Crippen LogP contribution in [0.25, 0.3) is 0 Å². The number of halogens is 3. The third-order valence-electron chi connectivity index (χ3n) is 4.96. The van der Waals surface area contributed by atoms with E-state index in [0.29, 0.717) is 10.6 Å². The van der Waals surface area contributed by atoms with Gasteiger partial charge in [-0.3, -0.25) is 14.5 Å². The lowest BCUT2D eigenvalue weighted by Gasteiger charge is -2.23. The fraction of sp³-hybridized carbons (Fsp3) is 0.286. The molecule has 1 heterocycles. The lowest BCUT2D eigenvalue weighted by atomic mass is 9.90. The van der Waals surface area contributed by atoms with E-state index in [1.54, 1.807) is 18.2 Å². The molecule has 0 aromatic heterocycles. The van der Waals surface area contributed by atoms with E-state index in [1.807, 2.05) is 13.0 Å². The molecule has 0 aliphatic carbocycles. The number of alkyl halides is 3. The minimum atomic E-state index is -4.59. The van der Waals surface area contributed by atoms with Crippen molar-refractivity contribution in [3.63, 3.8) is 0 Å². The van der Waals surface area contributed by atoms with Crippen LogP contribution in [0.5, 0.6) is 0 Å². The van der Waals surface area contributed by atoms with Gasteiger partial charge < -0.3 is 10.6 Å². The molecule has 1 saturated heterocycles. The van der Waals surface area contributed by atoms with Crippen molar-refractivity contribution in [3.05, 3.63) is 65.2 Å². The molecule has 0 bridgehead atoms. The van der Waals surface area contributed by atoms with Crippen molar-refractivity contribution in [2.75, 3.05) is 11.9 Å². The highest BCUT2D eigenvalue weighted by atomic mass is 19.4. The summed E-state index contributed by atoms with van der Waals surface area (Å²) in [6.07, 6.45) is -3.82. The number of imide groups is 1. The first kappa shape index (κ1) is 21.4. The van der Waals surface area contributed by atoms with E-state index in [9.17, 15) is 27.6 Å². The van der Waals surface area contributed by atoms with Gasteiger partial charge in [0.25, 0.3) is 5.91 Å². The molecule has 9 heteroatoms. The van der Waals surface area contributed by atoms with Gasteiger partial charge in [0.15, 0.2) is 0 Å². The molecular weight excluding hydrogens is 399 g/mol. The Morgan fingerprint density at radius 2 is 1.83 bits per heavy atom. The van der Waals surface area contributed by atoms with E-state index in [2.05, 4.69) is 10.6 Å². The highest BCUT2D eigenvalue weighted by Crippen LogP contribution is 2.34. The summed E-state index contributed by atoms with van der Waals surface area (Å²) in [5.74, 6) is -1.40. The summed E-state index contributed by atoms with van der Waals surface area (Å²) < 4.78 is 39.1. The molecular formula is C21H20F3N3O3. The zero-order valence-corrected chi connectivity index (χ0v) is 16.3. The number of benzene rings is 2. The van der Waals surface area contributed by atoms with Gasteiger partial charge in [0, 0.05) is 5.69 Å². The monoisotopic (exact) mass is 419 g/mol. The first-order valence-electron chi connectivity index (χ1n) is 9.25. The summed E-state index contributed by atoms with van der Waals surface area (Å²) in [5.41, 5.74) is -1.14. The molecule has 2 aromatic rings. The van der Waals surface area contributed by atoms with E-state index in [-0.39, 0.29) is 5.56 Å². The van der Waals surface area contributed by atoms with E-state index >= 15 is 0 Å². The molecule has 1 atom stereocenters. The summed E-state index contributed by atoms with van der Waals surface area (Å²) in [7, 11) is 0. The number of amides is 4. The topological polar surface area (TPSA) is 78.5 Å². The number of nitrogens with zero attached hydrogens (tertiary/aromatic N) is 1. The summed E-state index contributed by atoms with van der Waals surface area (Å²) in [4.78, 5) is 38.3. The smallest absolute Gasteiger partial charge is 0.325 e. The molecule has 0 radical (unpaired) electrons. The van der Waals surface area contributed by atoms with Crippen LogP contribution in [0.15, 0.2) is 48.5 Å². The zero-order valence-electron chi connectivity index (χ0n) is 16.3. The zero-order chi connectivity index (χ0) is 22.1. The molecule has 1 aliphatic rings. The minimum absolute atomic E-state index is 0.0192. The molecule has 0 spiro atoms. The first-order chi connectivity index (χ1) is 14.0. The van der Waals surface area contributed by atoms with E-state index in [1.165, 1.54) is 19.1 Å². The van der Waals surface area contributed by atoms with Gasteiger partial charge in [0.1, 0.15) is 12.1 Å². The van der Waals surface area contributed by atoms with Crippen LogP contribution in [-0.2, 0) is 27.7 Å². The molecule has 4 amide bonds. The van der Waals surface area contributed by atoms with Crippen LogP contribution in [-0.4, -0.2) is 29.3 Å². The molecule has 2 N–H and O–H groups in total. The van der Waals surface area contributed by atoms with Gasteiger partial charge in [-0.2, -0.15) is 13.2 Å². The second-order valence-electron chi connectivity index (χ2n) is 7.13. The fourth-order valence-corrected chi connectivity index (χ4v) is 3.26. The largest absolute Gasteiger partial charge is 0.416 e. The van der Waals surface area contributed by atoms with Crippen molar-refractivity contribution in [1.29, 1.82) is 0 Å². The molecule has 6 nitrogen and oxygen atoms in total. The fourth-order valence-electron chi connectivity index (χ4n) is 3.26. The maximum Gasteiger partial charge on any atom is 0.416 e. The normalized spacial score (nSPS) is 19.0. The average Bonchev–Trinajstić information content (AvgIpc) is 2.91. The van der Waals surface area contributed by atoms with Crippen LogP contribution < -0.4 is 10.6 Å². The van der Waals surface area contributed by atoms with Crippen LogP contribution in [0, 0.1) is 0 Å². The summed E-state index contributed by atoms with van der Waals surface area (Å²) in [6.45, 7) is 2.71. The Hall–Kier alpha value is -3.36. The van der Waals surface area contributed by atoms with E-state index in [0.717, 1.165) is 24.1 Å². The van der Waals surface area contributed by atoms with Crippen molar-refractivity contribution in [2.45, 2.75) is 32.0 Å². The highest BCUT2D eigenvalue weighted by molar-refractivity contribution is 6.10. The van der Waals surface area contributed by atoms with Crippen molar-refractivity contribution in [1.82, 2.24) is 10.2 Å². The van der Waals surface area contributed by atoms with E-state index in [4.69, 9.17) is 0 Å². The van der Waals surface area contributed by atoms with Gasteiger partial charge in [0.05, 0.1) is 5.56 Å². The second kappa shape index (κ2) is 7.81. The number of urea groups is 1. The Bertz CT molecular complexity index is 1010. The third kappa shape index (κ3) is 4.14. The Labute approximate surface area is 171 Å². The number of hydrogen-bond donors (Lipinski definition) is 2. The standard InChI is InChI=1S/C21H20F3N3O3/c1-3-13-6-4-9-16(10-13)25-17(28)12-27-18(29)20(2,26-19(27)30)14-7-5-8-15(11-14)21(22,23)24/h4-11H,3,12H2,1-2H3,(H,25,28)(H,26,30)/t20-/m1/s1. The summed E-state index contributed by atoms with van der Waals surface area (Å²) in [6, 6.07) is 10.5. The van der Waals surface area contributed by atoms with Gasteiger partial charge in [-0.15, -0.1) is 0 Å². The van der Waals surface area contributed by atoms with E-state index < -0.39 is 41.7 Å². The minimum Gasteiger partial charge on any atom is -0.325 e.